The van der Waals surface area contributed by atoms with E-state index in [4.69, 9.17) is 10.5 Å². The van der Waals surface area contributed by atoms with Crippen LogP contribution in [0.15, 0.2) is 55.0 Å². The summed E-state index contributed by atoms with van der Waals surface area (Å²) in [5, 5.41) is 10.3. The Balaban J connectivity index is 1.32. The Morgan fingerprint density at radius 3 is 2.80 bits per heavy atom. The van der Waals surface area contributed by atoms with E-state index in [1.54, 1.807) is 21.8 Å². The van der Waals surface area contributed by atoms with E-state index in [1.807, 2.05) is 55.4 Å². The minimum Gasteiger partial charge on any atom is -0.491 e. The predicted octanol–water partition coefficient (Wildman–Crippen LogP) is 3.79. The fourth-order valence-electron chi connectivity index (χ4n) is 4.81. The van der Waals surface area contributed by atoms with Gasteiger partial charge >= 0.3 is 0 Å². The van der Waals surface area contributed by atoms with Crippen molar-refractivity contribution < 1.29 is 9.53 Å². The smallest absolute Gasteiger partial charge is 0.254 e. The van der Waals surface area contributed by atoms with Crippen molar-refractivity contribution >= 4 is 33.5 Å². The van der Waals surface area contributed by atoms with Crippen molar-refractivity contribution in [3.8, 4) is 16.9 Å². The molecule has 6 rings (SSSR count). The molecule has 1 amide bonds. The standard InChI is InChI=1S/C26H25N7O2/c1-4-33-13-17(11-29-33)15-5-7-18-22(14-35-23(18)10-15)31(2)26(34)16-6-8-21-19(9-16)24-20(25(27)30-21)12-28-32(24)3/h5-13,22H,4,14H2,1-3H3,(H2,27,30)/t22-/m1/s1. The summed E-state index contributed by atoms with van der Waals surface area (Å²) in [6, 6.07) is 11.4. The molecule has 2 N–H and O–H groups in total. The van der Waals surface area contributed by atoms with Gasteiger partial charge < -0.3 is 15.4 Å². The fraction of sp³-hybridized carbons (Fsp3) is 0.231. The molecular formula is C26H25N7O2. The quantitative estimate of drug-likeness (QED) is 0.431. The first kappa shape index (κ1) is 21.2. The highest BCUT2D eigenvalue weighted by molar-refractivity contribution is 6.10. The summed E-state index contributed by atoms with van der Waals surface area (Å²) in [6.45, 7) is 3.29. The van der Waals surface area contributed by atoms with Gasteiger partial charge in [-0.15, -0.1) is 0 Å². The third-order valence-corrected chi connectivity index (χ3v) is 6.80. The van der Waals surface area contributed by atoms with Crippen LogP contribution in [0, 0.1) is 0 Å². The number of hydrogen-bond donors (Lipinski definition) is 1. The maximum atomic E-state index is 13.5. The molecule has 1 aliphatic heterocycles. The van der Waals surface area contributed by atoms with Crippen molar-refractivity contribution in [1.29, 1.82) is 0 Å². The number of likely N-dealkylation sites (N-methyl/N-ethyl adjacent to an activating group) is 1. The van der Waals surface area contributed by atoms with Gasteiger partial charge in [-0.3, -0.25) is 14.2 Å². The molecule has 4 heterocycles. The van der Waals surface area contributed by atoms with E-state index in [2.05, 4.69) is 28.2 Å². The first-order valence-electron chi connectivity index (χ1n) is 11.5. The summed E-state index contributed by atoms with van der Waals surface area (Å²) < 4.78 is 9.66. The van der Waals surface area contributed by atoms with Gasteiger partial charge in [0.05, 0.1) is 34.9 Å². The van der Waals surface area contributed by atoms with Crippen molar-refractivity contribution in [1.82, 2.24) is 29.4 Å². The number of anilines is 1. The van der Waals surface area contributed by atoms with E-state index in [0.29, 0.717) is 18.0 Å². The Morgan fingerprint density at radius 2 is 2.00 bits per heavy atom. The van der Waals surface area contributed by atoms with Crippen LogP contribution in [0.2, 0.25) is 0 Å². The van der Waals surface area contributed by atoms with Crippen LogP contribution in [0.1, 0.15) is 28.9 Å². The second-order valence-corrected chi connectivity index (χ2v) is 8.84. The number of carbonyl (C=O) groups is 1. The number of rotatable bonds is 4. The molecule has 176 valence electrons. The first-order chi connectivity index (χ1) is 16.9. The maximum absolute atomic E-state index is 13.5. The number of nitrogen functional groups attached to an aromatic ring is 1. The summed E-state index contributed by atoms with van der Waals surface area (Å²) in [5.74, 6) is 1.14. The Bertz CT molecular complexity index is 1620. The average molecular weight is 468 g/mol. The van der Waals surface area contributed by atoms with Gasteiger partial charge in [0, 0.05) is 48.9 Å². The number of nitrogens with zero attached hydrogens (tertiary/aromatic N) is 6. The summed E-state index contributed by atoms with van der Waals surface area (Å²) >= 11 is 0. The third-order valence-electron chi connectivity index (χ3n) is 6.80. The molecule has 35 heavy (non-hydrogen) atoms. The summed E-state index contributed by atoms with van der Waals surface area (Å²) in [7, 11) is 3.67. The van der Waals surface area contributed by atoms with Crippen molar-refractivity contribution in [2.24, 2.45) is 7.05 Å². The van der Waals surface area contributed by atoms with Gasteiger partial charge in [-0.25, -0.2) is 4.98 Å². The van der Waals surface area contributed by atoms with Crippen LogP contribution in [-0.4, -0.2) is 49.0 Å². The second-order valence-electron chi connectivity index (χ2n) is 8.84. The topological polar surface area (TPSA) is 104 Å². The molecule has 5 aromatic rings. The van der Waals surface area contributed by atoms with Gasteiger partial charge in [0.25, 0.3) is 5.91 Å². The zero-order valence-electron chi connectivity index (χ0n) is 19.8. The van der Waals surface area contributed by atoms with Crippen molar-refractivity contribution in [2.75, 3.05) is 19.4 Å². The SMILES string of the molecule is CCn1cc(-c2ccc3c(c2)OC[C@H]3N(C)C(=O)c2ccc3nc(N)c4cnn(C)c4c3c2)cn1. The Morgan fingerprint density at radius 1 is 1.14 bits per heavy atom. The zero-order valence-corrected chi connectivity index (χ0v) is 19.8. The number of aryl methyl sites for hydroxylation is 2. The molecule has 0 fully saturated rings. The van der Waals surface area contributed by atoms with Gasteiger partial charge in [0.1, 0.15) is 18.2 Å². The Kier molecular flexibility index (Phi) is 4.73. The largest absolute Gasteiger partial charge is 0.491 e. The summed E-state index contributed by atoms with van der Waals surface area (Å²) in [4.78, 5) is 19.8. The Labute approximate surface area is 201 Å². The molecule has 0 aliphatic carbocycles. The normalized spacial score (nSPS) is 14.9. The molecular weight excluding hydrogens is 442 g/mol. The summed E-state index contributed by atoms with van der Waals surface area (Å²) in [6.07, 6.45) is 5.58. The van der Waals surface area contributed by atoms with E-state index in [9.17, 15) is 4.79 Å². The van der Waals surface area contributed by atoms with Crippen molar-refractivity contribution in [2.45, 2.75) is 19.5 Å². The lowest BCUT2D eigenvalue weighted by Gasteiger charge is -2.24. The predicted molar refractivity (Wildman–Crippen MR) is 134 cm³/mol. The van der Waals surface area contributed by atoms with Crippen molar-refractivity contribution in [3.05, 3.63) is 66.1 Å². The van der Waals surface area contributed by atoms with E-state index < -0.39 is 0 Å². The highest BCUT2D eigenvalue weighted by Gasteiger charge is 2.31. The number of aromatic nitrogens is 5. The minimum absolute atomic E-state index is 0.0891. The lowest BCUT2D eigenvalue weighted by molar-refractivity contribution is 0.0708. The molecule has 3 aromatic heterocycles. The molecule has 0 unspecified atom stereocenters. The fourth-order valence-corrected chi connectivity index (χ4v) is 4.81. The molecule has 0 bridgehead atoms. The Hall–Kier alpha value is -4.40. The van der Waals surface area contributed by atoms with Gasteiger partial charge in [-0.2, -0.15) is 10.2 Å². The van der Waals surface area contributed by atoms with Crippen LogP contribution in [0.4, 0.5) is 5.82 Å². The van der Waals surface area contributed by atoms with Crippen molar-refractivity contribution in [3.63, 3.8) is 0 Å². The highest BCUT2D eigenvalue weighted by Crippen LogP contribution is 2.39. The number of ether oxygens (including phenoxy) is 1. The average Bonchev–Trinajstić information content (AvgIpc) is 3.61. The lowest BCUT2D eigenvalue weighted by atomic mass is 10.0. The van der Waals surface area contributed by atoms with E-state index in [1.165, 1.54) is 0 Å². The van der Waals surface area contributed by atoms with Crippen LogP contribution in [0.5, 0.6) is 5.75 Å². The molecule has 1 atom stereocenters. The maximum Gasteiger partial charge on any atom is 0.254 e. The molecule has 0 spiro atoms. The van der Waals surface area contributed by atoms with Crippen LogP contribution in [-0.2, 0) is 13.6 Å². The second kappa shape index (κ2) is 7.83. The molecule has 9 heteroatoms. The van der Waals surface area contributed by atoms with Gasteiger partial charge in [-0.05, 0) is 36.8 Å². The highest BCUT2D eigenvalue weighted by atomic mass is 16.5. The molecule has 1 aliphatic rings. The molecule has 0 saturated heterocycles. The first-order valence-corrected chi connectivity index (χ1v) is 11.5. The van der Waals surface area contributed by atoms with Crippen LogP contribution >= 0.6 is 0 Å². The number of hydrogen-bond acceptors (Lipinski definition) is 6. The third kappa shape index (κ3) is 3.30. The monoisotopic (exact) mass is 467 g/mol. The number of pyridine rings is 1. The number of carbonyl (C=O) groups excluding carboxylic acids is 1. The van der Waals surface area contributed by atoms with Crippen LogP contribution in [0.25, 0.3) is 32.9 Å². The number of amides is 1. The number of fused-ring (bicyclic) bond motifs is 4. The lowest BCUT2D eigenvalue weighted by Crippen LogP contribution is -2.32. The van der Waals surface area contributed by atoms with Gasteiger partial charge in [0.15, 0.2) is 0 Å². The zero-order chi connectivity index (χ0) is 24.3. The summed E-state index contributed by atoms with van der Waals surface area (Å²) in [5.41, 5.74) is 11.3. The number of nitrogens with two attached hydrogens (primary N) is 1. The van der Waals surface area contributed by atoms with E-state index in [-0.39, 0.29) is 11.9 Å². The van der Waals surface area contributed by atoms with Gasteiger partial charge in [-0.1, -0.05) is 12.1 Å². The van der Waals surface area contributed by atoms with Crippen LogP contribution in [0.3, 0.4) is 0 Å². The number of benzene rings is 2. The molecule has 0 radical (unpaired) electrons. The molecule has 2 aromatic carbocycles. The van der Waals surface area contributed by atoms with Gasteiger partial charge in [0.2, 0.25) is 0 Å². The van der Waals surface area contributed by atoms with Crippen LogP contribution < -0.4 is 10.5 Å². The van der Waals surface area contributed by atoms with E-state index >= 15 is 0 Å². The molecule has 0 saturated carbocycles. The van der Waals surface area contributed by atoms with E-state index in [0.717, 1.165) is 50.8 Å². The molecule has 9 nitrogen and oxygen atoms in total. The minimum atomic E-state index is -0.179.